The van der Waals surface area contributed by atoms with Crippen molar-refractivity contribution in [2.24, 2.45) is 0 Å². The van der Waals surface area contributed by atoms with E-state index >= 15 is 0 Å². The summed E-state index contributed by atoms with van der Waals surface area (Å²) in [5.74, 6) is 0. The quantitative estimate of drug-likeness (QED) is 0.661. The van der Waals surface area contributed by atoms with E-state index < -0.39 is 10.2 Å². The second-order valence-corrected chi connectivity index (χ2v) is 7.92. The fraction of sp³-hybridized carbons (Fsp3) is 1.00. The van der Waals surface area contributed by atoms with E-state index in [0.717, 1.165) is 38.6 Å². The zero-order valence-electron chi connectivity index (χ0n) is 13.4. The van der Waals surface area contributed by atoms with Crippen LogP contribution < -0.4 is 5.32 Å². The molecule has 0 spiro atoms. The van der Waals surface area contributed by atoms with Gasteiger partial charge in [-0.1, -0.05) is 33.6 Å². The number of nitrogens with zero attached hydrogens (tertiary/aromatic N) is 2. The fourth-order valence-electron chi connectivity index (χ4n) is 2.79. The standard InChI is InChI=1S/C14H31N3O2S/c1-5-17(14-9-6-7-10-14)20(18,19)16(4)12-8-11-15-13(2)3/h13-15H,5-12H2,1-4H3. The highest BCUT2D eigenvalue weighted by Gasteiger charge is 2.33. The van der Waals surface area contributed by atoms with Crippen molar-refractivity contribution in [3.05, 3.63) is 0 Å². The Hall–Kier alpha value is -0.170. The van der Waals surface area contributed by atoms with Crippen LogP contribution in [0.25, 0.3) is 0 Å². The molecule has 1 saturated carbocycles. The molecule has 120 valence electrons. The minimum atomic E-state index is -3.30. The van der Waals surface area contributed by atoms with Gasteiger partial charge in [0.2, 0.25) is 0 Å². The third-order valence-corrected chi connectivity index (χ3v) is 6.06. The predicted octanol–water partition coefficient (Wildman–Crippen LogP) is 1.82. The monoisotopic (exact) mass is 305 g/mol. The van der Waals surface area contributed by atoms with Crippen molar-refractivity contribution in [1.29, 1.82) is 0 Å². The smallest absolute Gasteiger partial charge is 0.281 e. The maximum absolute atomic E-state index is 12.6. The summed E-state index contributed by atoms with van der Waals surface area (Å²) in [7, 11) is -1.60. The Balaban J connectivity index is 2.51. The molecule has 1 rings (SSSR count). The normalized spacial score (nSPS) is 17.8. The second kappa shape index (κ2) is 8.32. The Labute approximate surface area is 124 Å². The van der Waals surface area contributed by atoms with Crippen LogP contribution >= 0.6 is 0 Å². The largest absolute Gasteiger partial charge is 0.314 e. The Bertz CT molecular complexity index is 365. The lowest BCUT2D eigenvalue weighted by Gasteiger charge is -2.31. The lowest BCUT2D eigenvalue weighted by Crippen LogP contribution is -2.46. The van der Waals surface area contributed by atoms with Crippen LogP contribution in [0.1, 0.15) is 52.9 Å². The van der Waals surface area contributed by atoms with Crippen LogP contribution in [-0.2, 0) is 10.2 Å². The molecule has 1 N–H and O–H groups in total. The van der Waals surface area contributed by atoms with Crippen molar-refractivity contribution in [3.8, 4) is 0 Å². The summed E-state index contributed by atoms with van der Waals surface area (Å²) in [5.41, 5.74) is 0. The molecule has 0 aromatic heterocycles. The summed E-state index contributed by atoms with van der Waals surface area (Å²) in [6, 6.07) is 0.656. The highest BCUT2D eigenvalue weighted by molar-refractivity contribution is 7.86. The highest BCUT2D eigenvalue weighted by Crippen LogP contribution is 2.26. The van der Waals surface area contributed by atoms with Gasteiger partial charge in [-0.05, 0) is 25.8 Å². The molecule has 1 aliphatic carbocycles. The third kappa shape index (κ3) is 4.98. The summed E-state index contributed by atoms with van der Waals surface area (Å²) >= 11 is 0. The predicted molar refractivity (Wildman–Crippen MR) is 83.9 cm³/mol. The van der Waals surface area contributed by atoms with Gasteiger partial charge in [-0.3, -0.25) is 0 Å². The minimum Gasteiger partial charge on any atom is -0.314 e. The first-order chi connectivity index (χ1) is 9.39. The van der Waals surface area contributed by atoms with Gasteiger partial charge in [0.05, 0.1) is 0 Å². The van der Waals surface area contributed by atoms with E-state index in [9.17, 15) is 8.42 Å². The van der Waals surface area contributed by atoms with Crippen LogP contribution in [0.2, 0.25) is 0 Å². The number of nitrogens with one attached hydrogen (secondary N) is 1. The van der Waals surface area contributed by atoms with Crippen molar-refractivity contribution < 1.29 is 8.42 Å². The van der Waals surface area contributed by atoms with Crippen LogP contribution in [-0.4, -0.2) is 55.8 Å². The van der Waals surface area contributed by atoms with E-state index in [4.69, 9.17) is 0 Å². The fourth-order valence-corrected chi connectivity index (χ4v) is 4.42. The molecular formula is C14H31N3O2S. The molecule has 20 heavy (non-hydrogen) atoms. The first-order valence-corrected chi connectivity index (χ1v) is 9.25. The highest BCUT2D eigenvalue weighted by atomic mass is 32.2. The van der Waals surface area contributed by atoms with E-state index in [-0.39, 0.29) is 6.04 Å². The zero-order valence-corrected chi connectivity index (χ0v) is 14.2. The van der Waals surface area contributed by atoms with Crippen molar-refractivity contribution in [2.45, 2.75) is 65.0 Å². The van der Waals surface area contributed by atoms with Gasteiger partial charge in [-0.2, -0.15) is 17.0 Å². The van der Waals surface area contributed by atoms with Crippen LogP contribution in [0, 0.1) is 0 Å². The number of hydrogen-bond donors (Lipinski definition) is 1. The summed E-state index contributed by atoms with van der Waals surface area (Å²) in [6.07, 6.45) is 5.17. The van der Waals surface area contributed by atoms with E-state index in [1.54, 1.807) is 11.4 Å². The van der Waals surface area contributed by atoms with E-state index in [1.165, 1.54) is 4.31 Å². The van der Waals surface area contributed by atoms with Crippen molar-refractivity contribution in [1.82, 2.24) is 13.9 Å². The zero-order chi connectivity index (χ0) is 15.2. The molecule has 1 fully saturated rings. The summed E-state index contributed by atoms with van der Waals surface area (Å²) in [4.78, 5) is 0. The van der Waals surface area contributed by atoms with Gasteiger partial charge in [-0.25, -0.2) is 0 Å². The Morgan fingerprint density at radius 3 is 2.35 bits per heavy atom. The third-order valence-electron chi connectivity index (χ3n) is 3.94. The van der Waals surface area contributed by atoms with Crippen molar-refractivity contribution >= 4 is 10.2 Å². The minimum absolute atomic E-state index is 0.209. The summed E-state index contributed by atoms with van der Waals surface area (Å²) in [6.45, 7) is 8.13. The molecule has 0 heterocycles. The van der Waals surface area contributed by atoms with Crippen LogP contribution in [0.5, 0.6) is 0 Å². The van der Waals surface area contributed by atoms with Crippen molar-refractivity contribution in [2.75, 3.05) is 26.7 Å². The summed E-state index contributed by atoms with van der Waals surface area (Å²) < 4.78 is 28.4. The van der Waals surface area contributed by atoms with Gasteiger partial charge < -0.3 is 5.32 Å². The molecular weight excluding hydrogens is 274 g/mol. The van der Waals surface area contributed by atoms with Gasteiger partial charge in [0.15, 0.2) is 0 Å². The molecule has 1 aliphatic rings. The molecule has 0 saturated heterocycles. The first kappa shape index (κ1) is 17.9. The molecule has 0 aliphatic heterocycles. The molecule has 0 atom stereocenters. The molecule has 0 unspecified atom stereocenters. The number of rotatable bonds is 9. The molecule has 0 aromatic rings. The van der Waals surface area contributed by atoms with E-state index in [0.29, 0.717) is 19.1 Å². The number of hydrogen-bond acceptors (Lipinski definition) is 3. The molecule has 5 nitrogen and oxygen atoms in total. The topological polar surface area (TPSA) is 52.7 Å². The Morgan fingerprint density at radius 2 is 1.85 bits per heavy atom. The van der Waals surface area contributed by atoms with Crippen LogP contribution in [0.15, 0.2) is 0 Å². The SMILES string of the molecule is CCN(C1CCCC1)S(=O)(=O)N(C)CCCNC(C)C. The average Bonchev–Trinajstić information content (AvgIpc) is 2.88. The van der Waals surface area contributed by atoms with Crippen molar-refractivity contribution in [3.63, 3.8) is 0 Å². The first-order valence-electron chi connectivity index (χ1n) is 7.86. The summed E-state index contributed by atoms with van der Waals surface area (Å²) in [5, 5.41) is 3.32. The van der Waals surface area contributed by atoms with Gasteiger partial charge in [0.1, 0.15) is 0 Å². The van der Waals surface area contributed by atoms with Crippen LogP contribution in [0.3, 0.4) is 0 Å². The molecule has 0 bridgehead atoms. The van der Waals surface area contributed by atoms with E-state index in [1.807, 2.05) is 6.92 Å². The molecule has 0 aromatic carbocycles. The van der Waals surface area contributed by atoms with Gasteiger partial charge in [0, 0.05) is 32.2 Å². The van der Waals surface area contributed by atoms with Gasteiger partial charge in [0.25, 0.3) is 10.2 Å². The van der Waals surface area contributed by atoms with E-state index in [2.05, 4.69) is 19.2 Å². The average molecular weight is 305 g/mol. The van der Waals surface area contributed by atoms with Gasteiger partial charge in [-0.15, -0.1) is 0 Å². The van der Waals surface area contributed by atoms with Gasteiger partial charge >= 0.3 is 0 Å². The lowest BCUT2D eigenvalue weighted by molar-refractivity contribution is 0.303. The second-order valence-electron chi connectivity index (χ2n) is 5.93. The lowest BCUT2D eigenvalue weighted by atomic mass is 10.2. The van der Waals surface area contributed by atoms with Crippen LogP contribution in [0.4, 0.5) is 0 Å². The molecule has 0 radical (unpaired) electrons. The maximum Gasteiger partial charge on any atom is 0.281 e. The Morgan fingerprint density at radius 1 is 1.25 bits per heavy atom. The Kier molecular flexibility index (Phi) is 7.43. The molecule has 0 amide bonds. The maximum atomic E-state index is 12.6. The molecule has 6 heteroatoms.